The number of nitrogens with zero attached hydrogens (tertiary/aromatic N) is 2. The summed E-state index contributed by atoms with van der Waals surface area (Å²) in [7, 11) is 1.53. The molecule has 2 aromatic carbocycles. The molecule has 0 bridgehead atoms. The number of carbonyl (C=O) groups excluding carboxylic acids is 3. The average Bonchev–Trinajstić information content (AvgIpc) is 2.78. The highest BCUT2D eigenvalue weighted by atomic mass is 79.9. The van der Waals surface area contributed by atoms with Gasteiger partial charge in [0.2, 0.25) is 11.8 Å². The fourth-order valence-corrected chi connectivity index (χ4v) is 5.17. The molecule has 1 saturated heterocycles. The summed E-state index contributed by atoms with van der Waals surface area (Å²) < 4.78 is 5.29. The van der Waals surface area contributed by atoms with E-state index >= 15 is 0 Å². The molecular formula is C23H23BrClN3O4. The van der Waals surface area contributed by atoms with Crippen molar-refractivity contribution in [2.75, 3.05) is 23.9 Å². The number of urea groups is 1. The largest absolute Gasteiger partial charge is 0.495 e. The van der Waals surface area contributed by atoms with Crippen molar-refractivity contribution in [2.45, 2.75) is 30.1 Å². The molecule has 32 heavy (non-hydrogen) atoms. The lowest BCUT2D eigenvalue weighted by Crippen LogP contribution is -2.64. The second-order valence-electron chi connectivity index (χ2n) is 7.89. The number of carbonyl (C=O) groups is 3. The van der Waals surface area contributed by atoms with E-state index in [0.717, 1.165) is 6.42 Å². The maximum atomic E-state index is 13.5. The fraction of sp³-hybridized carbons (Fsp3) is 0.348. The molecule has 0 spiro atoms. The van der Waals surface area contributed by atoms with Crippen LogP contribution in [0, 0.1) is 5.92 Å². The maximum absolute atomic E-state index is 13.5. The second-order valence-corrected chi connectivity index (χ2v) is 9.62. The number of benzene rings is 2. The minimum absolute atomic E-state index is 0.164. The highest BCUT2D eigenvalue weighted by molar-refractivity contribution is 9.09. The number of nitrogens with one attached hydrogen (secondary N) is 1. The molecule has 3 unspecified atom stereocenters. The third-order valence-electron chi connectivity index (χ3n) is 5.90. The molecule has 7 nitrogen and oxygen atoms in total. The van der Waals surface area contributed by atoms with Crippen LogP contribution in [0.25, 0.3) is 0 Å². The van der Waals surface area contributed by atoms with Crippen molar-refractivity contribution in [3.63, 3.8) is 0 Å². The Balaban J connectivity index is 1.61. The summed E-state index contributed by atoms with van der Waals surface area (Å²) in [4.78, 5) is 42.6. The smallest absolute Gasteiger partial charge is 0.332 e. The van der Waals surface area contributed by atoms with Gasteiger partial charge in [0.25, 0.3) is 0 Å². The lowest BCUT2D eigenvalue weighted by molar-refractivity contribution is -0.128. The second kappa shape index (κ2) is 9.50. The van der Waals surface area contributed by atoms with Gasteiger partial charge >= 0.3 is 6.03 Å². The SMILES string of the molecule is COc1ccccc1NC(=O)CN1C(=O)N(c2ccc(Cl)cc2)C(=O)C2CC(Br)CCC21. The number of halogens is 2. The fourth-order valence-electron chi connectivity index (χ4n) is 4.38. The standard InChI is InChI=1S/C23H23BrClN3O4/c1-32-20-5-3-2-4-18(20)26-21(29)13-27-19-11-6-14(24)12-17(19)22(30)28(23(27)31)16-9-7-15(25)8-10-16/h2-5,7-10,14,17,19H,6,11-13H2,1H3,(H,26,29). The van der Waals surface area contributed by atoms with Gasteiger partial charge in [0.15, 0.2) is 0 Å². The number of hydrogen-bond acceptors (Lipinski definition) is 4. The Morgan fingerprint density at radius 1 is 1.16 bits per heavy atom. The zero-order valence-corrected chi connectivity index (χ0v) is 19.8. The molecule has 1 aliphatic heterocycles. The van der Waals surface area contributed by atoms with Crippen LogP contribution in [0.1, 0.15) is 19.3 Å². The van der Waals surface area contributed by atoms with Crippen LogP contribution < -0.4 is 15.0 Å². The number of methoxy groups -OCH3 is 1. The van der Waals surface area contributed by atoms with Crippen LogP contribution in [0.15, 0.2) is 48.5 Å². The molecule has 0 radical (unpaired) electrons. The number of ether oxygens (including phenoxy) is 1. The van der Waals surface area contributed by atoms with E-state index in [1.165, 1.54) is 16.9 Å². The van der Waals surface area contributed by atoms with Crippen LogP contribution in [-0.4, -0.2) is 47.3 Å². The summed E-state index contributed by atoms with van der Waals surface area (Å²) in [6.45, 7) is -0.164. The lowest BCUT2D eigenvalue weighted by Gasteiger charge is -2.47. The minimum Gasteiger partial charge on any atom is -0.495 e. The summed E-state index contributed by atoms with van der Waals surface area (Å²) in [6, 6.07) is 12.8. The normalized spacial score (nSPS) is 23.0. The van der Waals surface area contributed by atoms with E-state index in [0.29, 0.717) is 35.0 Å². The van der Waals surface area contributed by atoms with Crippen molar-refractivity contribution in [3.05, 3.63) is 53.6 Å². The summed E-state index contributed by atoms with van der Waals surface area (Å²) >= 11 is 9.61. The van der Waals surface area contributed by atoms with E-state index in [9.17, 15) is 14.4 Å². The summed E-state index contributed by atoms with van der Waals surface area (Å²) in [6.07, 6.45) is 2.08. The Morgan fingerprint density at radius 2 is 1.88 bits per heavy atom. The van der Waals surface area contributed by atoms with Crippen LogP contribution in [0.3, 0.4) is 0 Å². The molecule has 1 heterocycles. The predicted molar refractivity (Wildman–Crippen MR) is 127 cm³/mol. The summed E-state index contributed by atoms with van der Waals surface area (Å²) in [5, 5.41) is 3.33. The van der Waals surface area contributed by atoms with E-state index in [-0.39, 0.29) is 35.1 Å². The zero-order chi connectivity index (χ0) is 22.8. The summed E-state index contributed by atoms with van der Waals surface area (Å²) in [5.74, 6) is -0.456. The quantitative estimate of drug-likeness (QED) is 0.580. The van der Waals surface area contributed by atoms with E-state index in [1.807, 2.05) is 6.07 Å². The Hall–Kier alpha value is -2.58. The van der Waals surface area contributed by atoms with Gasteiger partial charge in [-0.2, -0.15) is 0 Å². The molecule has 0 aromatic heterocycles. The number of rotatable bonds is 5. The van der Waals surface area contributed by atoms with E-state index in [4.69, 9.17) is 16.3 Å². The third kappa shape index (κ3) is 4.47. The molecule has 4 rings (SSSR count). The van der Waals surface area contributed by atoms with Gasteiger partial charge in [-0.3, -0.25) is 9.59 Å². The van der Waals surface area contributed by atoms with Crippen molar-refractivity contribution >= 4 is 56.8 Å². The number of hydrogen-bond donors (Lipinski definition) is 1. The molecule has 2 fully saturated rings. The zero-order valence-electron chi connectivity index (χ0n) is 17.5. The van der Waals surface area contributed by atoms with Crippen LogP contribution in [0.2, 0.25) is 5.02 Å². The molecule has 4 amide bonds. The number of amides is 4. The average molecular weight is 521 g/mol. The Bertz CT molecular complexity index is 1030. The van der Waals surface area contributed by atoms with Gasteiger partial charge in [-0.25, -0.2) is 9.69 Å². The van der Waals surface area contributed by atoms with E-state index in [2.05, 4.69) is 21.2 Å². The Morgan fingerprint density at radius 3 is 2.59 bits per heavy atom. The molecule has 2 aromatic rings. The maximum Gasteiger partial charge on any atom is 0.332 e. The van der Waals surface area contributed by atoms with Crippen molar-refractivity contribution < 1.29 is 19.1 Å². The molecule has 1 saturated carbocycles. The van der Waals surface area contributed by atoms with Crippen molar-refractivity contribution in [1.82, 2.24) is 4.90 Å². The Kier molecular flexibility index (Phi) is 6.71. The van der Waals surface area contributed by atoms with E-state index < -0.39 is 6.03 Å². The van der Waals surface area contributed by atoms with Gasteiger partial charge in [0.05, 0.1) is 24.4 Å². The molecule has 1 N–H and O–H groups in total. The molecule has 2 aliphatic rings. The summed E-state index contributed by atoms with van der Waals surface area (Å²) in [5.41, 5.74) is 0.963. The number of anilines is 2. The van der Waals surface area contributed by atoms with Crippen molar-refractivity contribution in [2.24, 2.45) is 5.92 Å². The van der Waals surface area contributed by atoms with Crippen LogP contribution >= 0.6 is 27.5 Å². The number of para-hydroxylation sites is 2. The van der Waals surface area contributed by atoms with Gasteiger partial charge < -0.3 is 15.0 Å². The van der Waals surface area contributed by atoms with Crippen molar-refractivity contribution in [3.8, 4) is 5.75 Å². The highest BCUT2D eigenvalue weighted by Crippen LogP contribution is 2.39. The van der Waals surface area contributed by atoms with Gasteiger partial charge in [-0.1, -0.05) is 39.7 Å². The number of alkyl halides is 1. The lowest BCUT2D eigenvalue weighted by atomic mass is 9.81. The topological polar surface area (TPSA) is 79.0 Å². The first-order valence-corrected chi connectivity index (χ1v) is 11.7. The monoisotopic (exact) mass is 519 g/mol. The van der Waals surface area contributed by atoms with E-state index in [1.54, 1.807) is 42.5 Å². The molecular weight excluding hydrogens is 498 g/mol. The number of imide groups is 1. The van der Waals surface area contributed by atoms with Gasteiger partial charge in [0.1, 0.15) is 12.3 Å². The van der Waals surface area contributed by atoms with Gasteiger partial charge in [-0.15, -0.1) is 0 Å². The first-order chi connectivity index (χ1) is 15.4. The van der Waals surface area contributed by atoms with Crippen LogP contribution in [-0.2, 0) is 9.59 Å². The molecule has 3 atom stereocenters. The highest BCUT2D eigenvalue weighted by Gasteiger charge is 2.49. The first-order valence-electron chi connectivity index (χ1n) is 10.4. The van der Waals surface area contributed by atoms with Gasteiger partial charge in [-0.05, 0) is 55.7 Å². The molecule has 9 heteroatoms. The molecule has 1 aliphatic carbocycles. The Labute approximate surface area is 199 Å². The first kappa shape index (κ1) is 22.6. The third-order valence-corrected chi connectivity index (χ3v) is 6.99. The number of fused-ring (bicyclic) bond motifs is 1. The van der Waals surface area contributed by atoms with Gasteiger partial charge in [0, 0.05) is 15.9 Å². The minimum atomic E-state index is -0.498. The van der Waals surface area contributed by atoms with Crippen LogP contribution in [0.5, 0.6) is 5.75 Å². The van der Waals surface area contributed by atoms with Crippen molar-refractivity contribution in [1.29, 1.82) is 0 Å². The van der Waals surface area contributed by atoms with Crippen LogP contribution in [0.4, 0.5) is 16.2 Å². The predicted octanol–water partition coefficient (Wildman–Crippen LogP) is 4.69. The molecule has 168 valence electrons.